The standard InChI is InChI=1S/C37H52N4O8/c42-32(20-22-34(44)45)40-30(26-28-16-10-8-11-17-28)36(48)38-24-14-6-4-2-1-3-5-7-15-25-39-37(49)31(27-29-18-12-9-13-19-29)41-33(43)21-23-35(46)47/h8-13,16-19,30-31H,1-7,14-15,20-27H2,(H,38,48)(H,39,49)(H,40,42)(H,41,43)(H,44,45)(H,46,47)/t30-,31-/m0/s1. The van der Waals surface area contributed by atoms with Gasteiger partial charge in [-0.1, -0.05) is 106 Å². The Morgan fingerprint density at radius 2 is 0.796 bits per heavy atom. The van der Waals surface area contributed by atoms with Crippen molar-refractivity contribution in [1.82, 2.24) is 21.3 Å². The molecule has 2 aromatic carbocycles. The zero-order valence-electron chi connectivity index (χ0n) is 28.3. The summed E-state index contributed by atoms with van der Waals surface area (Å²) >= 11 is 0. The summed E-state index contributed by atoms with van der Waals surface area (Å²) in [7, 11) is 0. The lowest BCUT2D eigenvalue weighted by atomic mass is 10.0. The predicted molar refractivity (Wildman–Crippen MR) is 185 cm³/mol. The van der Waals surface area contributed by atoms with E-state index in [4.69, 9.17) is 10.2 Å². The summed E-state index contributed by atoms with van der Waals surface area (Å²) in [4.78, 5) is 71.7. The van der Waals surface area contributed by atoms with E-state index >= 15 is 0 Å². The molecular formula is C37H52N4O8. The van der Waals surface area contributed by atoms with Gasteiger partial charge in [0, 0.05) is 38.8 Å². The van der Waals surface area contributed by atoms with Gasteiger partial charge in [-0.2, -0.15) is 0 Å². The molecule has 0 spiro atoms. The van der Waals surface area contributed by atoms with Gasteiger partial charge in [-0.25, -0.2) is 0 Å². The maximum absolute atomic E-state index is 12.8. The van der Waals surface area contributed by atoms with Crippen molar-refractivity contribution in [2.45, 2.75) is 108 Å². The van der Waals surface area contributed by atoms with E-state index in [0.717, 1.165) is 68.9 Å². The van der Waals surface area contributed by atoms with Crippen LogP contribution in [0.1, 0.15) is 94.6 Å². The Bertz CT molecular complexity index is 1210. The van der Waals surface area contributed by atoms with Crippen LogP contribution in [-0.4, -0.2) is 71.0 Å². The molecule has 0 saturated heterocycles. The van der Waals surface area contributed by atoms with Crippen LogP contribution in [0.5, 0.6) is 0 Å². The van der Waals surface area contributed by atoms with E-state index in [1.807, 2.05) is 60.7 Å². The first-order valence-corrected chi connectivity index (χ1v) is 17.3. The molecule has 12 nitrogen and oxygen atoms in total. The Morgan fingerprint density at radius 1 is 0.469 bits per heavy atom. The number of carboxylic acids is 2. The number of unbranched alkanes of at least 4 members (excludes halogenated alkanes) is 8. The Kier molecular flexibility index (Phi) is 20.1. The van der Waals surface area contributed by atoms with Crippen LogP contribution >= 0.6 is 0 Å². The summed E-state index contributed by atoms with van der Waals surface area (Å²) in [6.45, 7) is 0.998. The van der Waals surface area contributed by atoms with Crippen molar-refractivity contribution in [2.24, 2.45) is 0 Å². The SMILES string of the molecule is O=C(O)CCC(=O)N[C@@H](Cc1ccccc1)C(=O)NCCCCCCCCCCCNC(=O)[C@H](Cc1ccccc1)NC(=O)CCC(=O)O. The molecule has 0 fully saturated rings. The van der Waals surface area contributed by atoms with E-state index in [0.29, 0.717) is 25.9 Å². The molecule has 0 aliphatic carbocycles. The number of carbonyl (C=O) groups is 6. The third kappa shape index (κ3) is 19.6. The number of benzene rings is 2. The number of carboxylic acid groups (broad SMARTS) is 2. The van der Waals surface area contributed by atoms with E-state index in [-0.39, 0.29) is 37.5 Å². The summed E-state index contributed by atoms with van der Waals surface area (Å²) in [5, 5.41) is 28.9. The molecule has 0 heterocycles. The van der Waals surface area contributed by atoms with Crippen LogP contribution < -0.4 is 21.3 Å². The monoisotopic (exact) mass is 680 g/mol. The van der Waals surface area contributed by atoms with Crippen LogP contribution in [0.25, 0.3) is 0 Å². The smallest absolute Gasteiger partial charge is 0.303 e. The molecule has 2 atom stereocenters. The fraction of sp³-hybridized carbons (Fsp3) is 0.514. The molecule has 2 rings (SSSR count). The summed E-state index contributed by atoms with van der Waals surface area (Å²) in [5.41, 5.74) is 1.80. The number of aliphatic carboxylic acids is 2. The Labute approximate surface area is 288 Å². The first kappa shape index (κ1) is 40.4. The van der Waals surface area contributed by atoms with Gasteiger partial charge < -0.3 is 31.5 Å². The van der Waals surface area contributed by atoms with Crippen molar-refractivity contribution in [2.75, 3.05) is 13.1 Å². The molecule has 49 heavy (non-hydrogen) atoms. The van der Waals surface area contributed by atoms with Crippen LogP contribution in [0.2, 0.25) is 0 Å². The maximum Gasteiger partial charge on any atom is 0.303 e. The van der Waals surface area contributed by atoms with E-state index in [1.165, 1.54) is 0 Å². The lowest BCUT2D eigenvalue weighted by molar-refractivity contribution is -0.139. The second-order valence-electron chi connectivity index (χ2n) is 12.2. The lowest BCUT2D eigenvalue weighted by Gasteiger charge is -2.19. The molecule has 0 aliphatic heterocycles. The average molecular weight is 681 g/mol. The summed E-state index contributed by atoms with van der Waals surface area (Å²) in [6, 6.07) is 17.2. The van der Waals surface area contributed by atoms with E-state index in [2.05, 4.69) is 21.3 Å². The number of amides is 4. The van der Waals surface area contributed by atoms with Crippen LogP contribution in [0.15, 0.2) is 60.7 Å². The third-order valence-electron chi connectivity index (χ3n) is 7.95. The molecule has 4 amide bonds. The van der Waals surface area contributed by atoms with Gasteiger partial charge in [-0.15, -0.1) is 0 Å². The van der Waals surface area contributed by atoms with Gasteiger partial charge in [-0.3, -0.25) is 28.8 Å². The number of hydrogen-bond acceptors (Lipinski definition) is 6. The van der Waals surface area contributed by atoms with Crippen molar-refractivity contribution >= 4 is 35.6 Å². The molecule has 268 valence electrons. The van der Waals surface area contributed by atoms with Crippen molar-refractivity contribution in [3.8, 4) is 0 Å². The van der Waals surface area contributed by atoms with Crippen LogP contribution in [0.3, 0.4) is 0 Å². The number of hydrogen-bond donors (Lipinski definition) is 6. The van der Waals surface area contributed by atoms with Gasteiger partial charge in [-0.05, 0) is 24.0 Å². The van der Waals surface area contributed by atoms with E-state index < -0.39 is 35.8 Å². The predicted octanol–water partition coefficient (Wildman–Crippen LogP) is 3.91. The molecular weight excluding hydrogens is 628 g/mol. The number of carbonyl (C=O) groups excluding carboxylic acids is 4. The highest BCUT2D eigenvalue weighted by Crippen LogP contribution is 2.10. The zero-order valence-corrected chi connectivity index (χ0v) is 28.3. The zero-order chi connectivity index (χ0) is 35.7. The summed E-state index contributed by atoms with van der Waals surface area (Å²) < 4.78 is 0. The Balaban J connectivity index is 1.57. The molecule has 0 bridgehead atoms. The highest BCUT2D eigenvalue weighted by atomic mass is 16.4. The fourth-order valence-electron chi connectivity index (χ4n) is 5.25. The number of rotatable bonds is 26. The van der Waals surface area contributed by atoms with Gasteiger partial charge in [0.15, 0.2) is 0 Å². The normalized spacial score (nSPS) is 11.9. The topological polar surface area (TPSA) is 191 Å². The van der Waals surface area contributed by atoms with Crippen molar-refractivity contribution in [1.29, 1.82) is 0 Å². The molecule has 12 heteroatoms. The minimum Gasteiger partial charge on any atom is -0.481 e. The van der Waals surface area contributed by atoms with Gasteiger partial charge in [0.05, 0.1) is 12.8 Å². The quantitative estimate of drug-likeness (QED) is 0.0806. The largest absolute Gasteiger partial charge is 0.481 e. The highest BCUT2D eigenvalue weighted by molar-refractivity contribution is 5.89. The second kappa shape index (κ2) is 24.4. The minimum atomic E-state index is -1.06. The van der Waals surface area contributed by atoms with E-state index in [1.54, 1.807) is 0 Å². The Morgan fingerprint density at radius 3 is 1.12 bits per heavy atom. The Hall–Kier alpha value is -4.74. The molecule has 0 radical (unpaired) electrons. The molecule has 0 aliphatic rings. The second-order valence-corrected chi connectivity index (χ2v) is 12.2. The van der Waals surface area contributed by atoms with Crippen molar-refractivity contribution in [3.63, 3.8) is 0 Å². The van der Waals surface area contributed by atoms with Crippen LogP contribution in [0, 0.1) is 0 Å². The van der Waals surface area contributed by atoms with Gasteiger partial charge in [0.1, 0.15) is 12.1 Å². The number of nitrogens with one attached hydrogen (secondary N) is 4. The molecule has 0 unspecified atom stereocenters. The molecule has 0 aromatic heterocycles. The first-order chi connectivity index (χ1) is 23.6. The third-order valence-corrected chi connectivity index (χ3v) is 7.95. The highest BCUT2D eigenvalue weighted by Gasteiger charge is 2.22. The summed E-state index contributed by atoms with van der Waals surface area (Å²) in [6.07, 6.45) is 8.65. The average Bonchev–Trinajstić information content (AvgIpc) is 3.08. The van der Waals surface area contributed by atoms with Crippen LogP contribution in [0.4, 0.5) is 0 Å². The molecule has 6 N–H and O–H groups in total. The fourth-order valence-corrected chi connectivity index (χ4v) is 5.25. The first-order valence-electron chi connectivity index (χ1n) is 17.3. The van der Waals surface area contributed by atoms with Gasteiger partial charge in [0.2, 0.25) is 23.6 Å². The molecule has 0 saturated carbocycles. The summed E-state index contributed by atoms with van der Waals surface area (Å²) in [5.74, 6) is -3.62. The van der Waals surface area contributed by atoms with Crippen molar-refractivity contribution in [3.05, 3.63) is 71.8 Å². The minimum absolute atomic E-state index is 0.181. The van der Waals surface area contributed by atoms with E-state index in [9.17, 15) is 28.8 Å². The lowest BCUT2D eigenvalue weighted by Crippen LogP contribution is -2.48. The van der Waals surface area contributed by atoms with Crippen molar-refractivity contribution < 1.29 is 39.0 Å². The van der Waals surface area contributed by atoms with Gasteiger partial charge >= 0.3 is 11.9 Å². The molecule has 2 aromatic rings. The van der Waals surface area contributed by atoms with Crippen LogP contribution in [-0.2, 0) is 41.6 Å². The maximum atomic E-state index is 12.8. The van der Waals surface area contributed by atoms with Gasteiger partial charge in [0.25, 0.3) is 0 Å².